The summed E-state index contributed by atoms with van der Waals surface area (Å²) in [6.07, 6.45) is 0. The monoisotopic (exact) mass is 272 g/mol. The first kappa shape index (κ1) is 13.7. The van der Waals surface area contributed by atoms with E-state index in [0.717, 1.165) is 0 Å². The molecule has 2 rings (SSSR count). The van der Waals surface area contributed by atoms with Gasteiger partial charge in [0.1, 0.15) is 11.5 Å². The molecule has 0 aliphatic heterocycles. The molecule has 0 spiro atoms. The lowest BCUT2D eigenvalue weighted by molar-refractivity contribution is 0.102. The Balaban J connectivity index is 2.27. The molecule has 104 valence electrons. The molecule has 2 aromatic carbocycles. The van der Waals surface area contributed by atoms with Gasteiger partial charge in [0, 0.05) is 6.07 Å². The number of methoxy groups -OCH3 is 2. The maximum atomic E-state index is 12.3. The van der Waals surface area contributed by atoms with Crippen molar-refractivity contribution in [2.45, 2.75) is 0 Å². The Morgan fingerprint density at radius 2 is 1.85 bits per heavy atom. The lowest BCUT2D eigenvalue weighted by Crippen LogP contribution is -2.14. The molecular formula is C15H16N2O3. The molecule has 3 N–H and O–H groups in total. The number of carbonyl (C=O) groups is 1. The summed E-state index contributed by atoms with van der Waals surface area (Å²) >= 11 is 0. The van der Waals surface area contributed by atoms with E-state index < -0.39 is 0 Å². The number of amides is 1. The van der Waals surface area contributed by atoms with E-state index in [2.05, 4.69) is 5.32 Å². The van der Waals surface area contributed by atoms with Crippen molar-refractivity contribution in [1.29, 1.82) is 0 Å². The zero-order valence-corrected chi connectivity index (χ0v) is 11.3. The van der Waals surface area contributed by atoms with Gasteiger partial charge in [0.05, 0.1) is 31.2 Å². The van der Waals surface area contributed by atoms with Crippen molar-refractivity contribution in [2.75, 3.05) is 25.3 Å². The number of hydrogen-bond acceptors (Lipinski definition) is 4. The SMILES string of the molecule is COc1ccc(C(=O)Nc2ccccc2N)c(OC)c1. The first-order valence-electron chi connectivity index (χ1n) is 6.03. The van der Waals surface area contributed by atoms with Crippen molar-refractivity contribution in [1.82, 2.24) is 0 Å². The molecule has 0 aliphatic carbocycles. The van der Waals surface area contributed by atoms with Crippen molar-refractivity contribution in [3.63, 3.8) is 0 Å². The van der Waals surface area contributed by atoms with Gasteiger partial charge in [-0.25, -0.2) is 0 Å². The van der Waals surface area contributed by atoms with Gasteiger partial charge in [-0.2, -0.15) is 0 Å². The molecule has 5 heteroatoms. The van der Waals surface area contributed by atoms with Gasteiger partial charge >= 0.3 is 0 Å². The molecule has 0 bridgehead atoms. The van der Waals surface area contributed by atoms with E-state index in [4.69, 9.17) is 15.2 Å². The lowest BCUT2D eigenvalue weighted by atomic mass is 10.1. The number of nitrogens with one attached hydrogen (secondary N) is 1. The van der Waals surface area contributed by atoms with Crippen LogP contribution in [-0.2, 0) is 0 Å². The largest absolute Gasteiger partial charge is 0.497 e. The molecule has 0 atom stereocenters. The smallest absolute Gasteiger partial charge is 0.259 e. The van der Waals surface area contributed by atoms with Crippen LogP contribution in [0.3, 0.4) is 0 Å². The summed E-state index contributed by atoms with van der Waals surface area (Å²) in [7, 11) is 3.06. The fourth-order valence-electron chi connectivity index (χ4n) is 1.79. The topological polar surface area (TPSA) is 73.6 Å². The van der Waals surface area contributed by atoms with Crippen LogP contribution in [0.15, 0.2) is 42.5 Å². The summed E-state index contributed by atoms with van der Waals surface area (Å²) in [5.74, 6) is 0.774. The summed E-state index contributed by atoms with van der Waals surface area (Å²) < 4.78 is 10.3. The number of para-hydroxylation sites is 2. The van der Waals surface area contributed by atoms with Crippen LogP contribution in [0.25, 0.3) is 0 Å². The highest BCUT2D eigenvalue weighted by Crippen LogP contribution is 2.26. The highest BCUT2D eigenvalue weighted by molar-refractivity contribution is 6.07. The second-order valence-corrected chi connectivity index (χ2v) is 4.11. The Hall–Kier alpha value is -2.69. The number of ether oxygens (including phenoxy) is 2. The zero-order chi connectivity index (χ0) is 14.5. The minimum absolute atomic E-state index is 0.289. The summed E-state index contributed by atoms with van der Waals surface area (Å²) in [5, 5.41) is 2.75. The summed E-state index contributed by atoms with van der Waals surface area (Å²) in [4.78, 5) is 12.3. The average Bonchev–Trinajstić information content (AvgIpc) is 2.48. The number of rotatable bonds is 4. The van der Waals surface area contributed by atoms with Gasteiger partial charge < -0.3 is 20.5 Å². The van der Waals surface area contributed by atoms with Crippen LogP contribution < -0.4 is 20.5 Å². The third-order valence-corrected chi connectivity index (χ3v) is 2.86. The van der Waals surface area contributed by atoms with Crippen LogP contribution in [0.2, 0.25) is 0 Å². The second-order valence-electron chi connectivity index (χ2n) is 4.11. The Bertz CT molecular complexity index is 626. The number of anilines is 2. The molecular weight excluding hydrogens is 256 g/mol. The Kier molecular flexibility index (Phi) is 4.10. The molecule has 0 saturated heterocycles. The fourth-order valence-corrected chi connectivity index (χ4v) is 1.79. The van der Waals surface area contributed by atoms with Crippen molar-refractivity contribution < 1.29 is 14.3 Å². The van der Waals surface area contributed by atoms with Crippen molar-refractivity contribution in [3.05, 3.63) is 48.0 Å². The number of benzene rings is 2. The third-order valence-electron chi connectivity index (χ3n) is 2.86. The zero-order valence-electron chi connectivity index (χ0n) is 11.3. The second kappa shape index (κ2) is 5.97. The van der Waals surface area contributed by atoms with Crippen molar-refractivity contribution in [2.24, 2.45) is 0 Å². The van der Waals surface area contributed by atoms with E-state index in [1.165, 1.54) is 7.11 Å². The molecule has 1 amide bonds. The lowest BCUT2D eigenvalue weighted by Gasteiger charge is -2.11. The van der Waals surface area contributed by atoms with Gasteiger partial charge in [-0.3, -0.25) is 4.79 Å². The quantitative estimate of drug-likeness (QED) is 0.839. The van der Waals surface area contributed by atoms with E-state index >= 15 is 0 Å². The van der Waals surface area contributed by atoms with Crippen LogP contribution in [0.1, 0.15) is 10.4 Å². The number of nitrogens with two attached hydrogens (primary N) is 1. The Labute approximate surface area is 117 Å². The van der Waals surface area contributed by atoms with E-state index in [0.29, 0.717) is 28.4 Å². The third kappa shape index (κ3) is 2.83. The van der Waals surface area contributed by atoms with Crippen LogP contribution in [0.4, 0.5) is 11.4 Å². The maximum Gasteiger partial charge on any atom is 0.259 e. The van der Waals surface area contributed by atoms with E-state index in [-0.39, 0.29) is 5.91 Å². The van der Waals surface area contributed by atoms with E-state index in [1.54, 1.807) is 49.6 Å². The minimum Gasteiger partial charge on any atom is -0.497 e. The highest BCUT2D eigenvalue weighted by Gasteiger charge is 2.14. The van der Waals surface area contributed by atoms with Gasteiger partial charge in [0.2, 0.25) is 0 Å². The average molecular weight is 272 g/mol. The van der Waals surface area contributed by atoms with E-state index in [1.807, 2.05) is 0 Å². The van der Waals surface area contributed by atoms with Crippen LogP contribution in [-0.4, -0.2) is 20.1 Å². The first-order valence-corrected chi connectivity index (χ1v) is 6.03. The first-order chi connectivity index (χ1) is 9.65. The predicted octanol–water partition coefficient (Wildman–Crippen LogP) is 2.54. The Morgan fingerprint density at radius 3 is 2.50 bits per heavy atom. The number of hydrogen-bond donors (Lipinski definition) is 2. The molecule has 0 aliphatic rings. The summed E-state index contributed by atoms with van der Waals surface area (Å²) in [6.45, 7) is 0. The maximum absolute atomic E-state index is 12.3. The molecule has 20 heavy (non-hydrogen) atoms. The molecule has 0 unspecified atom stereocenters. The number of nitrogen functional groups attached to an aromatic ring is 1. The van der Waals surface area contributed by atoms with Gasteiger partial charge in [0.25, 0.3) is 5.91 Å². The molecule has 0 aromatic heterocycles. The van der Waals surface area contributed by atoms with Gasteiger partial charge in [-0.05, 0) is 24.3 Å². The standard InChI is InChI=1S/C15H16N2O3/c1-19-10-7-8-11(14(9-10)20-2)15(18)17-13-6-4-3-5-12(13)16/h3-9H,16H2,1-2H3,(H,17,18). The van der Waals surface area contributed by atoms with Gasteiger partial charge in [0.15, 0.2) is 0 Å². The highest BCUT2D eigenvalue weighted by atomic mass is 16.5. The molecule has 2 aromatic rings. The summed E-state index contributed by atoms with van der Waals surface area (Å²) in [5.41, 5.74) is 7.28. The van der Waals surface area contributed by atoms with Crippen LogP contribution >= 0.6 is 0 Å². The van der Waals surface area contributed by atoms with Gasteiger partial charge in [-0.1, -0.05) is 12.1 Å². The van der Waals surface area contributed by atoms with Crippen LogP contribution in [0.5, 0.6) is 11.5 Å². The predicted molar refractivity (Wildman–Crippen MR) is 78.4 cm³/mol. The van der Waals surface area contributed by atoms with Gasteiger partial charge in [-0.15, -0.1) is 0 Å². The minimum atomic E-state index is -0.289. The molecule has 0 saturated carbocycles. The normalized spacial score (nSPS) is 9.90. The van der Waals surface area contributed by atoms with Crippen molar-refractivity contribution in [3.8, 4) is 11.5 Å². The van der Waals surface area contributed by atoms with Crippen LogP contribution in [0, 0.1) is 0 Å². The van der Waals surface area contributed by atoms with Crippen molar-refractivity contribution >= 4 is 17.3 Å². The van der Waals surface area contributed by atoms with E-state index in [9.17, 15) is 4.79 Å². The molecule has 0 radical (unpaired) electrons. The fraction of sp³-hybridized carbons (Fsp3) is 0.133. The molecule has 5 nitrogen and oxygen atoms in total. The molecule has 0 fully saturated rings. The number of carbonyl (C=O) groups excluding carboxylic acids is 1. The molecule has 0 heterocycles. The summed E-state index contributed by atoms with van der Waals surface area (Å²) in [6, 6.07) is 12.1. The Morgan fingerprint density at radius 1 is 1.10 bits per heavy atom.